The van der Waals surface area contributed by atoms with Crippen LogP contribution in [0.5, 0.6) is 5.75 Å². The van der Waals surface area contributed by atoms with E-state index < -0.39 is 0 Å². The molecule has 0 fully saturated rings. The predicted octanol–water partition coefficient (Wildman–Crippen LogP) is 2.75. The lowest BCUT2D eigenvalue weighted by Crippen LogP contribution is -2.28. The Morgan fingerprint density at radius 1 is 1.13 bits per heavy atom. The smallest absolute Gasteiger partial charge is 0.118 e. The molecule has 0 saturated carbocycles. The van der Waals surface area contributed by atoms with E-state index in [1.165, 1.54) is 5.56 Å². The molecule has 1 aromatic rings. The monoisotopic (exact) mass is 208 g/mol. The average Bonchev–Trinajstić information content (AvgIpc) is 2.33. The largest absolute Gasteiger partial charge is 0.497 e. The molecule has 0 amide bonds. The van der Waals surface area contributed by atoms with Crippen LogP contribution in [-0.2, 0) is 5.41 Å². The van der Waals surface area contributed by atoms with Crippen LogP contribution in [0.1, 0.15) is 32.3 Å². The molecule has 0 atom stereocenters. The lowest BCUT2D eigenvalue weighted by molar-refractivity contribution is 0.183. The van der Waals surface area contributed by atoms with E-state index in [1.807, 2.05) is 24.3 Å². The van der Waals surface area contributed by atoms with Gasteiger partial charge in [0.15, 0.2) is 0 Å². The number of aliphatic hydroxyl groups is 1. The number of methoxy groups -OCH3 is 1. The fourth-order valence-corrected chi connectivity index (χ4v) is 1.92. The summed E-state index contributed by atoms with van der Waals surface area (Å²) in [4.78, 5) is 0. The third-order valence-electron chi connectivity index (χ3n) is 3.36. The van der Waals surface area contributed by atoms with Crippen molar-refractivity contribution < 1.29 is 9.84 Å². The lowest BCUT2D eigenvalue weighted by Gasteiger charge is -2.30. The molecule has 1 rings (SSSR count). The topological polar surface area (TPSA) is 29.5 Å². The standard InChI is InChI=1S/C13H20O2/c1-4-13(5-2,10-14)11-6-8-12(15-3)9-7-11/h6-9,14H,4-5,10H2,1-3H3. The highest BCUT2D eigenvalue weighted by Gasteiger charge is 2.27. The number of hydrogen-bond donors (Lipinski definition) is 1. The van der Waals surface area contributed by atoms with Gasteiger partial charge in [-0.2, -0.15) is 0 Å². The summed E-state index contributed by atoms with van der Waals surface area (Å²) >= 11 is 0. The summed E-state index contributed by atoms with van der Waals surface area (Å²) in [5, 5.41) is 9.53. The van der Waals surface area contributed by atoms with E-state index in [0.29, 0.717) is 0 Å². The Balaban J connectivity index is 3.01. The molecule has 15 heavy (non-hydrogen) atoms. The SMILES string of the molecule is CCC(CC)(CO)c1ccc(OC)cc1. The second-order valence-corrected chi connectivity index (χ2v) is 3.87. The zero-order valence-corrected chi connectivity index (χ0v) is 9.79. The number of aliphatic hydroxyl groups excluding tert-OH is 1. The molecule has 1 N–H and O–H groups in total. The summed E-state index contributed by atoms with van der Waals surface area (Å²) in [5.41, 5.74) is 1.10. The van der Waals surface area contributed by atoms with Gasteiger partial charge in [-0.1, -0.05) is 26.0 Å². The van der Waals surface area contributed by atoms with Gasteiger partial charge in [-0.15, -0.1) is 0 Å². The van der Waals surface area contributed by atoms with Gasteiger partial charge >= 0.3 is 0 Å². The van der Waals surface area contributed by atoms with E-state index in [2.05, 4.69) is 13.8 Å². The Bertz CT molecular complexity index is 278. The molecular weight excluding hydrogens is 188 g/mol. The van der Waals surface area contributed by atoms with Crippen LogP contribution >= 0.6 is 0 Å². The van der Waals surface area contributed by atoms with Crippen LogP contribution in [0.15, 0.2) is 24.3 Å². The molecule has 0 spiro atoms. The molecule has 0 bridgehead atoms. The zero-order valence-electron chi connectivity index (χ0n) is 9.79. The van der Waals surface area contributed by atoms with Gasteiger partial charge in [0.05, 0.1) is 13.7 Å². The van der Waals surface area contributed by atoms with Crippen LogP contribution in [-0.4, -0.2) is 18.8 Å². The molecule has 1 aromatic carbocycles. The summed E-state index contributed by atoms with van der Waals surface area (Å²) in [6, 6.07) is 7.99. The Morgan fingerprint density at radius 3 is 2.00 bits per heavy atom. The molecule has 2 heteroatoms. The Labute approximate surface area is 91.9 Å². The zero-order chi connectivity index (χ0) is 11.3. The van der Waals surface area contributed by atoms with Gasteiger partial charge in [0.1, 0.15) is 5.75 Å². The maximum atomic E-state index is 9.53. The van der Waals surface area contributed by atoms with Crippen LogP contribution in [0.25, 0.3) is 0 Å². The maximum absolute atomic E-state index is 9.53. The van der Waals surface area contributed by atoms with E-state index in [0.717, 1.165) is 18.6 Å². The van der Waals surface area contributed by atoms with Gasteiger partial charge in [0.2, 0.25) is 0 Å². The third-order valence-corrected chi connectivity index (χ3v) is 3.36. The van der Waals surface area contributed by atoms with Crippen molar-refractivity contribution in [2.24, 2.45) is 0 Å². The van der Waals surface area contributed by atoms with Crippen molar-refractivity contribution in [2.45, 2.75) is 32.1 Å². The molecule has 84 valence electrons. The van der Waals surface area contributed by atoms with Crippen molar-refractivity contribution in [3.05, 3.63) is 29.8 Å². The second kappa shape index (κ2) is 5.17. The molecule has 0 heterocycles. The van der Waals surface area contributed by atoms with Crippen molar-refractivity contribution >= 4 is 0 Å². The Morgan fingerprint density at radius 2 is 1.67 bits per heavy atom. The minimum absolute atomic E-state index is 0.0910. The van der Waals surface area contributed by atoms with Gasteiger partial charge in [-0.3, -0.25) is 0 Å². The summed E-state index contributed by atoms with van der Waals surface area (Å²) < 4.78 is 5.12. The van der Waals surface area contributed by atoms with Crippen molar-refractivity contribution in [1.29, 1.82) is 0 Å². The van der Waals surface area contributed by atoms with E-state index >= 15 is 0 Å². The third kappa shape index (κ3) is 2.32. The Hall–Kier alpha value is -1.02. The minimum atomic E-state index is -0.0910. The van der Waals surface area contributed by atoms with E-state index in [-0.39, 0.29) is 12.0 Å². The normalized spacial score (nSPS) is 11.5. The highest BCUT2D eigenvalue weighted by molar-refractivity contribution is 5.32. The fraction of sp³-hybridized carbons (Fsp3) is 0.538. The average molecular weight is 208 g/mol. The number of rotatable bonds is 5. The molecule has 0 radical (unpaired) electrons. The fourth-order valence-electron chi connectivity index (χ4n) is 1.92. The van der Waals surface area contributed by atoms with Gasteiger partial charge in [-0.05, 0) is 30.5 Å². The molecule has 0 aliphatic rings. The predicted molar refractivity (Wildman–Crippen MR) is 62.3 cm³/mol. The summed E-state index contributed by atoms with van der Waals surface area (Å²) in [6.45, 7) is 4.43. The molecular formula is C13H20O2. The minimum Gasteiger partial charge on any atom is -0.497 e. The first-order valence-corrected chi connectivity index (χ1v) is 5.47. The number of ether oxygens (including phenoxy) is 1. The van der Waals surface area contributed by atoms with Crippen LogP contribution in [0.4, 0.5) is 0 Å². The van der Waals surface area contributed by atoms with Gasteiger partial charge in [0.25, 0.3) is 0 Å². The highest BCUT2D eigenvalue weighted by atomic mass is 16.5. The van der Waals surface area contributed by atoms with Crippen molar-refractivity contribution in [1.82, 2.24) is 0 Å². The summed E-state index contributed by atoms with van der Waals surface area (Å²) in [7, 11) is 1.66. The molecule has 0 aromatic heterocycles. The number of hydrogen-bond acceptors (Lipinski definition) is 2. The van der Waals surface area contributed by atoms with Crippen LogP contribution < -0.4 is 4.74 Å². The molecule has 0 aliphatic carbocycles. The molecule has 2 nitrogen and oxygen atoms in total. The van der Waals surface area contributed by atoms with Gasteiger partial charge in [-0.25, -0.2) is 0 Å². The van der Waals surface area contributed by atoms with E-state index in [1.54, 1.807) is 7.11 Å². The highest BCUT2D eigenvalue weighted by Crippen LogP contribution is 2.31. The molecule has 0 saturated heterocycles. The van der Waals surface area contributed by atoms with Gasteiger partial charge < -0.3 is 9.84 Å². The van der Waals surface area contributed by atoms with Gasteiger partial charge in [0, 0.05) is 5.41 Å². The van der Waals surface area contributed by atoms with E-state index in [4.69, 9.17) is 4.74 Å². The van der Waals surface area contributed by atoms with Crippen LogP contribution in [0.2, 0.25) is 0 Å². The van der Waals surface area contributed by atoms with Crippen LogP contribution in [0, 0.1) is 0 Å². The van der Waals surface area contributed by atoms with E-state index in [9.17, 15) is 5.11 Å². The summed E-state index contributed by atoms with van der Waals surface area (Å²) in [5.74, 6) is 0.859. The molecule has 0 aliphatic heterocycles. The van der Waals surface area contributed by atoms with Crippen molar-refractivity contribution in [2.75, 3.05) is 13.7 Å². The quantitative estimate of drug-likeness (QED) is 0.806. The molecule has 0 unspecified atom stereocenters. The Kier molecular flexibility index (Phi) is 4.15. The van der Waals surface area contributed by atoms with Crippen LogP contribution in [0.3, 0.4) is 0 Å². The second-order valence-electron chi connectivity index (χ2n) is 3.87. The number of benzene rings is 1. The first kappa shape index (κ1) is 12.1. The summed E-state index contributed by atoms with van der Waals surface area (Å²) in [6.07, 6.45) is 1.90. The van der Waals surface area contributed by atoms with Crippen molar-refractivity contribution in [3.63, 3.8) is 0 Å². The lowest BCUT2D eigenvalue weighted by atomic mass is 9.77. The first-order valence-electron chi connectivity index (χ1n) is 5.47. The maximum Gasteiger partial charge on any atom is 0.118 e. The first-order chi connectivity index (χ1) is 7.22. The van der Waals surface area contributed by atoms with Crippen molar-refractivity contribution in [3.8, 4) is 5.75 Å².